The molecule has 1 saturated heterocycles. The Balaban J connectivity index is 1.53. The zero-order valence-electron chi connectivity index (χ0n) is 16.6. The van der Waals surface area contributed by atoms with Crippen LogP contribution >= 0.6 is 0 Å². The molecule has 1 fully saturated rings. The molecule has 2 aromatic carbocycles. The number of primary amides is 1. The third-order valence-electron chi connectivity index (χ3n) is 4.92. The highest BCUT2D eigenvalue weighted by molar-refractivity contribution is 6.00. The van der Waals surface area contributed by atoms with E-state index in [1.807, 2.05) is 31.2 Å². The van der Waals surface area contributed by atoms with Crippen LogP contribution in [0.5, 0.6) is 0 Å². The van der Waals surface area contributed by atoms with Crippen LogP contribution in [0, 0.1) is 5.92 Å². The number of hydrogen-bond donors (Lipinski definition) is 2. The zero-order chi connectivity index (χ0) is 21.7. The van der Waals surface area contributed by atoms with E-state index in [-0.39, 0.29) is 18.9 Å². The van der Waals surface area contributed by atoms with Crippen LogP contribution in [0.25, 0.3) is 0 Å². The molecule has 0 aromatic heterocycles. The fraction of sp³-hybridized carbons (Fsp3) is 0.273. The molecule has 156 valence electrons. The number of hydrogen-bond acceptors (Lipinski definition) is 5. The maximum absolute atomic E-state index is 12.4. The second kappa shape index (κ2) is 9.21. The molecule has 30 heavy (non-hydrogen) atoms. The Labute approximate surface area is 174 Å². The van der Waals surface area contributed by atoms with Gasteiger partial charge >= 0.3 is 5.97 Å². The van der Waals surface area contributed by atoms with E-state index in [9.17, 15) is 19.2 Å². The maximum Gasteiger partial charge on any atom is 0.311 e. The number of para-hydroxylation sites is 1. The highest BCUT2D eigenvalue weighted by atomic mass is 16.5. The number of ether oxygens (including phenoxy) is 1. The van der Waals surface area contributed by atoms with Crippen molar-refractivity contribution >= 4 is 35.1 Å². The van der Waals surface area contributed by atoms with Crippen molar-refractivity contribution in [2.45, 2.75) is 19.8 Å². The van der Waals surface area contributed by atoms with Gasteiger partial charge in [-0.15, -0.1) is 0 Å². The molecule has 3 amide bonds. The first-order valence-corrected chi connectivity index (χ1v) is 9.63. The molecule has 1 aliphatic heterocycles. The van der Waals surface area contributed by atoms with Crippen LogP contribution in [0.15, 0.2) is 48.5 Å². The Hall–Kier alpha value is -3.68. The normalized spacial score (nSPS) is 15.7. The summed E-state index contributed by atoms with van der Waals surface area (Å²) < 4.78 is 5.11. The van der Waals surface area contributed by atoms with Crippen molar-refractivity contribution in [3.05, 3.63) is 59.7 Å². The van der Waals surface area contributed by atoms with Crippen LogP contribution in [0.4, 0.5) is 11.4 Å². The smallest absolute Gasteiger partial charge is 0.311 e. The van der Waals surface area contributed by atoms with E-state index in [0.717, 1.165) is 17.7 Å². The lowest BCUT2D eigenvalue weighted by Gasteiger charge is -2.19. The van der Waals surface area contributed by atoms with Crippen LogP contribution in [0.2, 0.25) is 0 Å². The van der Waals surface area contributed by atoms with Crippen molar-refractivity contribution < 1.29 is 23.9 Å². The SMILES string of the molecule is CCc1ccccc1N1C[C@@H](C(=O)OCC(=O)Nc2ccc(C(N)=O)cc2)CC1=O. The minimum Gasteiger partial charge on any atom is -0.455 e. The van der Waals surface area contributed by atoms with E-state index in [1.54, 1.807) is 4.90 Å². The summed E-state index contributed by atoms with van der Waals surface area (Å²) in [5.41, 5.74) is 7.76. The van der Waals surface area contributed by atoms with Gasteiger partial charge in [0, 0.05) is 29.9 Å². The van der Waals surface area contributed by atoms with E-state index in [2.05, 4.69) is 5.32 Å². The third-order valence-corrected chi connectivity index (χ3v) is 4.92. The topological polar surface area (TPSA) is 119 Å². The highest BCUT2D eigenvalue weighted by Crippen LogP contribution is 2.29. The van der Waals surface area contributed by atoms with Gasteiger partial charge in [-0.25, -0.2) is 0 Å². The fourth-order valence-electron chi connectivity index (χ4n) is 3.34. The molecule has 0 spiro atoms. The predicted octanol–water partition coefficient (Wildman–Crippen LogP) is 1.88. The summed E-state index contributed by atoms with van der Waals surface area (Å²) >= 11 is 0. The first-order chi connectivity index (χ1) is 14.4. The molecule has 0 bridgehead atoms. The Morgan fingerprint density at radius 1 is 1.13 bits per heavy atom. The second-order valence-corrected chi connectivity index (χ2v) is 6.99. The number of aryl methyl sites for hydroxylation is 1. The number of carbonyl (C=O) groups is 4. The Morgan fingerprint density at radius 3 is 2.50 bits per heavy atom. The molecular weight excluding hydrogens is 386 g/mol. The van der Waals surface area contributed by atoms with Crippen molar-refractivity contribution in [2.24, 2.45) is 11.7 Å². The average molecular weight is 409 g/mol. The number of amides is 3. The predicted molar refractivity (Wildman–Crippen MR) is 111 cm³/mol. The van der Waals surface area contributed by atoms with Crippen molar-refractivity contribution in [3.63, 3.8) is 0 Å². The number of nitrogens with two attached hydrogens (primary N) is 1. The standard InChI is InChI=1S/C22H23N3O5/c1-2-14-5-3-4-6-18(14)25-12-16(11-20(25)27)22(29)30-13-19(26)24-17-9-7-15(8-10-17)21(23)28/h3-10,16H,2,11-13H2,1H3,(H2,23,28)(H,24,26)/t16-/m0/s1. The molecule has 1 aliphatic rings. The first kappa shape index (κ1) is 21.0. The molecule has 3 N–H and O–H groups in total. The summed E-state index contributed by atoms with van der Waals surface area (Å²) in [5, 5.41) is 2.57. The van der Waals surface area contributed by atoms with E-state index < -0.39 is 30.3 Å². The molecule has 1 atom stereocenters. The Kier molecular flexibility index (Phi) is 6.46. The third kappa shape index (κ3) is 4.83. The largest absolute Gasteiger partial charge is 0.455 e. The quantitative estimate of drug-likeness (QED) is 0.677. The lowest BCUT2D eigenvalue weighted by molar-refractivity contribution is -0.151. The number of carbonyl (C=O) groups excluding carboxylic acids is 4. The molecular formula is C22H23N3O5. The molecule has 0 radical (unpaired) electrons. The Bertz CT molecular complexity index is 971. The van der Waals surface area contributed by atoms with Crippen molar-refractivity contribution in [1.82, 2.24) is 0 Å². The van der Waals surface area contributed by atoms with Crippen molar-refractivity contribution in [2.75, 3.05) is 23.4 Å². The fourth-order valence-corrected chi connectivity index (χ4v) is 3.34. The summed E-state index contributed by atoms with van der Waals surface area (Å²) in [6, 6.07) is 13.6. The lowest BCUT2D eigenvalue weighted by Crippen LogP contribution is -2.28. The first-order valence-electron chi connectivity index (χ1n) is 9.63. The van der Waals surface area contributed by atoms with Crippen molar-refractivity contribution in [1.29, 1.82) is 0 Å². The number of esters is 1. The van der Waals surface area contributed by atoms with E-state index in [4.69, 9.17) is 10.5 Å². The van der Waals surface area contributed by atoms with E-state index in [1.165, 1.54) is 24.3 Å². The molecule has 1 heterocycles. The van der Waals surface area contributed by atoms with Gasteiger partial charge in [0.2, 0.25) is 11.8 Å². The van der Waals surface area contributed by atoms with Gasteiger partial charge < -0.3 is 20.7 Å². The van der Waals surface area contributed by atoms with Crippen LogP contribution < -0.4 is 16.0 Å². The van der Waals surface area contributed by atoms with Crippen LogP contribution in [-0.2, 0) is 25.5 Å². The molecule has 0 saturated carbocycles. The summed E-state index contributed by atoms with van der Waals surface area (Å²) in [6.07, 6.45) is 0.822. The summed E-state index contributed by atoms with van der Waals surface area (Å²) in [6.45, 7) is 1.77. The molecule has 2 aromatic rings. The van der Waals surface area contributed by atoms with Gasteiger partial charge in [0.1, 0.15) is 0 Å². The number of nitrogens with one attached hydrogen (secondary N) is 1. The van der Waals surface area contributed by atoms with Crippen LogP contribution in [0.3, 0.4) is 0 Å². The van der Waals surface area contributed by atoms with Crippen LogP contribution in [0.1, 0.15) is 29.3 Å². The summed E-state index contributed by atoms with van der Waals surface area (Å²) in [5.74, 6) is -2.43. The second-order valence-electron chi connectivity index (χ2n) is 6.99. The monoisotopic (exact) mass is 409 g/mol. The highest BCUT2D eigenvalue weighted by Gasteiger charge is 2.37. The minimum absolute atomic E-state index is 0.0487. The van der Waals surface area contributed by atoms with Crippen molar-refractivity contribution in [3.8, 4) is 0 Å². The van der Waals surface area contributed by atoms with Crippen LogP contribution in [-0.4, -0.2) is 36.8 Å². The lowest BCUT2D eigenvalue weighted by atomic mass is 10.1. The summed E-state index contributed by atoms with van der Waals surface area (Å²) in [4.78, 5) is 49.5. The van der Waals surface area contributed by atoms with Gasteiger partial charge in [-0.05, 0) is 42.3 Å². The van der Waals surface area contributed by atoms with Gasteiger partial charge in [0.15, 0.2) is 6.61 Å². The zero-order valence-corrected chi connectivity index (χ0v) is 16.6. The minimum atomic E-state index is -0.620. The number of rotatable bonds is 7. The average Bonchev–Trinajstić information content (AvgIpc) is 3.14. The molecule has 0 unspecified atom stereocenters. The number of anilines is 2. The van der Waals surface area contributed by atoms with E-state index in [0.29, 0.717) is 11.3 Å². The van der Waals surface area contributed by atoms with Gasteiger partial charge in [-0.3, -0.25) is 19.2 Å². The molecule has 8 heteroatoms. The molecule has 8 nitrogen and oxygen atoms in total. The molecule has 3 rings (SSSR count). The van der Waals surface area contributed by atoms with Gasteiger partial charge in [-0.1, -0.05) is 25.1 Å². The number of benzene rings is 2. The summed E-state index contributed by atoms with van der Waals surface area (Å²) in [7, 11) is 0. The Morgan fingerprint density at radius 2 is 1.83 bits per heavy atom. The van der Waals surface area contributed by atoms with Gasteiger partial charge in [-0.2, -0.15) is 0 Å². The van der Waals surface area contributed by atoms with Gasteiger partial charge in [0.25, 0.3) is 5.91 Å². The van der Waals surface area contributed by atoms with Gasteiger partial charge in [0.05, 0.1) is 5.92 Å². The van der Waals surface area contributed by atoms with E-state index >= 15 is 0 Å². The maximum atomic E-state index is 12.4. The number of nitrogens with zero attached hydrogens (tertiary/aromatic N) is 1. The molecule has 0 aliphatic carbocycles.